The molecule has 0 bridgehead atoms. The first-order valence-corrected chi connectivity index (χ1v) is 7.64. The van der Waals surface area contributed by atoms with E-state index in [0.29, 0.717) is 4.99 Å². The zero-order valence-corrected chi connectivity index (χ0v) is 13.8. The van der Waals surface area contributed by atoms with Crippen molar-refractivity contribution in [2.45, 2.75) is 34.1 Å². The number of nitrogens with one attached hydrogen (secondary N) is 1. The molecule has 0 amide bonds. The van der Waals surface area contributed by atoms with Crippen molar-refractivity contribution in [2.75, 3.05) is 31.5 Å². The Balaban J connectivity index is 2.66. The highest BCUT2D eigenvalue weighted by Crippen LogP contribution is 2.19. The van der Waals surface area contributed by atoms with Crippen molar-refractivity contribution in [3.63, 3.8) is 0 Å². The first-order chi connectivity index (χ1) is 9.49. The number of nitrogens with two attached hydrogens (primary N) is 1. The zero-order valence-electron chi connectivity index (χ0n) is 13.0. The second kappa shape index (κ2) is 8.17. The van der Waals surface area contributed by atoms with Gasteiger partial charge in [-0.05, 0) is 46.0 Å². The van der Waals surface area contributed by atoms with Gasteiger partial charge in [0.1, 0.15) is 4.99 Å². The Kier molecular flexibility index (Phi) is 6.88. The molecule has 1 aromatic rings. The maximum Gasteiger partial charge on any atom is 0.107 e. The van der Waals surface area contributed by atoms with Gasteiger partial charge < -0.3 is 16.0 Å². The van der Waals surface area contributed by atoms with Crippen LogP contribution < -0.4 is 11.1 Å². The minimum Gasteiger partial charge on any atom is -0.389 e. The maximum absolute atomic E-state index is 5.80. The van der Waals surface area contributed by atoms with Crippen LogP contribution in [0.2, 0.25) is 0 Å². The van der Waals surface area contributed by atoms with Gasteiger partial charge in [-0.1, -0.05) is 26.1 Å². The van der Waals surface area contributed by atoms with Crippen molar-refractivity contribution in [3.05, 3.63) is 23.0 Å². The molecule has 3 N–H and O–H groups in total. The van der Waals surface area contributed by atoms with Crippen LogP contribution in [0.4, 0.5) is 5.69 Å². The van der Waals surface area contributed by atoms with E-state index in [1.807, 2.05) is 19.9 Å². The van der Waals surface area contributed by atoms with Gasteiger partial charge in [-0.15, -0.1) is 0 Å². The number of thiocarbonyl (C=S) groups is 1. The fourth-order valence-corrected chi connectivity index (χ4v) is 2.60. The predicted octanol–water partition coefficient (Wildman–Crippen LogP) is 2.48. The quantitative estimate of drug-likeness (QED) is 0.570. The number of hydrogen-bond donors (Lipinski definition) is 2. The summed E-state index contributed by atoms with van der Waals surface area (Å²) in [5.74, 6) is 0. The highest BCUT2D eigenvalue weighted by atomic mass is 32.1. The van der Waals surface area contributed by atoms with E-state index in [2.05, 4.69) is 29.0 Å². The van der Waals surface area contributed by atoms with E-state index in [4.69, 9.17) is 18.0 Å². The summed E-state index contributed by atoms with van der Waals surface area (Å²) in [5, 5.41) is 3.45. The van der Waals surface area contributed by atoms with Crippen LogP contribution in [0.1, 0.15) is 37.2 Å². The van der Waals surface area contributed by atoms with Crippen molar-refractivity contribution < 1.29 is 0 Å². The molecule has 0 saturated carbocycles. The van der Waals surface area contributed by atoms with E-state index in [0.717, 1.165) is 55.2 Å². The van der Waals surface area contributed by atoms with E-state index in [-0.39, 0.29) is 0 Å². The smallest absolute Gasteiger partial charge is 0.107 e. The van der Waals surface area contributed by atoms with Crippen molar-refractivity contribution in [2.24, 2.45) is 5.73 Å². The Morgan fingerprint density at radius 3 is 2.55 bits per heavy atom. The van der Waals surface area contributed by atoms with Crippen molar-refractivity contribution in [1.29, 1.82) is 0 Å². The Morgan fingerprint density at radius 2 is 2.00 bits per heavy atom. The van der Waals surface area contributed by atoms with Gasteiger partial charge in [-0.3, -0.25) is 4.98 Å². The summed E-state index contributed by atoms with van der Waals surface area (Å²) in [6, 6.07) is 2.01. The summed E-state index contributed by atoms with van der Waals surface area (Å²) < 4.78 is 0. The summed E-state index contributed by atoms with van der Waals surface area (Å²) in [7, 11) is 0. The molecular weight excluding hydrogens is 268 g/mol. The van der Waals surface area contributed by atoms with Gasteiger partial charge in [0.15, 0.2) is 0 Å². The molecule has 0 aliphatic rings. The number of hydrogen-bond acceptors (Lipinski definition) is 4. The molecule has 0 radical (unpaired) electrons. The summed E-state index contributed by atoms with van der Waals surface area (Å²) in [6.45, 7) is 12.5. The van der Waals surface area contributed by atoms with Gasteiger partial charge in [0, 0.05) is 23.6 Å². The fourth-order valence-electron chi connectivity index (χ4n) is 2.34. The van der Waals surface area contributed by atoms with E-state index in [1.54, 1.807) is 0 Å². The minimum atomic E-state index is 0.404. The Labute approximate surface area is 127 Å². The van der Waals surface area contributed by atoms with Gasteiger partial charge in [0.05, 0.1) is 5.56 Å². The zero-order chi connectivity index (χ0) is 15.1. The number of anilines is 1. The molecule has 0 saturated heterocycles. The molecule has 5 heteroatoms. The lowest BCUT2D eigenvalue weighted by Crippen LogP contribution is -2.25. The number of pyridine rings is 1. The maximum atomic E-state index is 5.80. The molecule has 0 spiro atoms. The lowest BCUT2D eigenvalue weighted by atomic mass is 10.1. The van der Waals surface area contributed by atoms with E-state index in [9.17, 15) is 0 Å². The highest BCUT2D eigenvalue weighted by Gasteiger charge is 2.10. The van der Waals surface area contributed by atoms with E-state index < -0.39 is 0 Å². The molecule has 20 heavy (non-hydrogen) atoms. The van der Waals surface area contributed by atoms with Gasteiger partial charge in [-0.25, -0.2) is 0 Å². The molecule has 1 rings (SSSR count). The molecule has 0 aliphatic heterocycles. The van der Waals surface area contributed by atoms with Crippen LogP contribution in [0.5, 0.6) is 0 Å². The van der Waals surface area contributed by atoms with Crippen LogP contribution >= 0.6 is 12.2 Å². The summed E-state index contributed by atoms with van der Waals surface area (Å²) in [4.78, 5) is 7.24. The Hall–Kier alpha value is -1.20. The lowest BCUT2D eigenvalue weighted by Gasteiger charge is -2.19. The topological polar surface area (TPSA) is 54.2 Å². The fraction of sp³-hybridized carbons (Fsp3) is 0.600. The molecule has 0 aliphatic carbocycles. The Bertz CT molecular complexity index is 455. The van der Waals surface area contributed by atoms with Gasteiger partial charge in [0.2, 0.25) is 0 Å². The summed E-state index contributed by atoms with van der Waals surface area (Å²) in [5.41, 5.74) is 9.55. The third-order valence-corrected chi connectivity index (χ3v) is 3.64. The third kappa shape index (κ3) is 4.72. The van der Waals surface area contributed by atoms with Crippen molar-refractivity contribution in [1.82, 2.24) is 9.88 Å². The normalized spacial score (nSPS) is 10.8. The molecule has 112 valence electrons. The lowest BCUT2D eigenvalue weighted by molar-refractivity contribution is 0.303. The monoisotopic (exact) mass is 294 g/mol. The number of nitrogens with zero attached hydrogens (tertiary/aromatic N) is 2. The summed E-state index contributed by atoms with van der Waals surface area (Å²) in [6.07, 6.45) is 1.10. The second-order valence-electron chi connectivity index (χ2n) is 4.94. The summed E-state index contributed by atoms with van der Waals surface area (Å²) >= 11 is 5.13. The van der Waals surface area contributed by atoms with Gasteiger partial charge in [0.25, 0.3) is 0 Å². The van der Waals surface area contributed by atoms with Crippen LogP contribution in [-0.4, -0.2) is 41.1 Å². The first-order valence-electron chi connectivity index (χ1n) is 7.23. The molecule has 0 atom stereocenters. The van der Waals surface area contributed by atoms with Crippen LogP contribution in [0.15, 0.2) is 6.07 Å². The van der Waals surface area contributed by atoms with E-state index in [1.165, 1.54) is 0 Å². The average molecular weight is 294 g/mol. The molecule has 0 unspecified atom stereocenters. The van der Waals surface area contributed by atoms with Crippen LogP contribution in [0, 0.1) is 13.8 Å². The van der Waals surface area contributed by atoms with Crippen LogP contribution in [0.3, 0.4) is 0 Å². The van der Waals surface area contributed by atoms with Crippen LogP contribution in [-0.2, 0) is 0 Å². The molecule has 1 aromatic heterocycles. The SMILES string of the molecule is CCN(CC)CCCNc1cc(C)nc(C)c1C(N)=S. The molecule has 0 aromatic carbocycles. The third-order valence-electron chi connectivity index (χ3n) is 3.44. The van der Waals surface area contributed by atoms with E-state index >= 15 is 0 Å². The molecule has 1 heterocycles. The molecular formula is C15H26N4S. The highest BCUT2D eigenvalue weighted by molar-refractivity contribution is 7.80. The second-order valence-corrected chi connectivity index (χ2v) is 5.38. The van der Waals surface area contributed by atoms with Crippen molar-refractivity contribution >= 4 is 22.9 Å². The first kappa shape index (κ1) is 16.9. The molecule has 4 nitrogen and oxygen atoms in total. The molecule has 0 fully saturated rings. The van der Waals surface area contributed by atoms with Crippen molar-refractivity contribution in [3.8, 4) is 0 Å². The van der Waals surface area contributed by atoms with Crippen LogP contribution in [0.25, 0.3) is 0 Å². The number of aryl methyl sites for hydroxylation is 2. The predicted molar refractivity (Wildman–Crippen MR) is 90.5 cm³/mol. The number of aromatic nitrogens is 1. The standard InChI is InChI=1S/C15H26N4S/c1-5-19(6-2)9-7-8-17-13-10-11(3)18-12(4)14(13)15(16)20/h10H,5-9H2,1-4H3,(H2,16,20)(H,17,18). The Morgan fingerprint density at radius 1 is 1.35 bits per heavy atom. The largest absolute Gasteiger partial charge is 0.389 e. The average Bonchev–Trinajstić information content (AvgIpc) is 2.37. The van der Waals surface area contributed by atoms with Gasteiger partial charge >= 0.3 is 0 Å². The number of rotatable bonds is 8. The van der Waals surface area contributed by atoms with Gasteiger partial charge in [-0.2, -0.15) is 0 Å². The minimum absolute atomic E-state index is 0.404.